The summed E-state index contributed by atoms with van der Waals surface area (Å²) in [4.78, 5) is 35.3. The molecule has 6 nitrogen and oxygen atoms in total. The number of benzene rings is 1. The molecule has 1 aromatic carbocycles. The van der Waals surface area contributed by atoms with Crippen molar-refractivity contribution in [3.8, 4) is 0 Å². The summed E-state index contributed by atoms with van der Waals surface area (Å²) in [5.74, 6) is -2.52. The number of anilines is 2. The van der Waals surface area contributed by atoms with E-state index in [9.17, 15) is 18.8 Å². The zero-order valence-electron chi connectivity index (χ0n) is 12.0. The molecule has 0 aliphatic heterocycles. The molecule has 2 amide bonds. The molecular weight excluding hydrogens is 289 g/mol. The maximum atomic E-state index is 13.2. The van der Waals surface area contributed by atoms with E-state index in [1.165, 1.54) is 36.0 Å². The second-order valence-electron chi connectivity index (χ2n) is 4.76. The summed E-state index contributed by atoms with van der Waals surface area (Å²) in [5.41, 5.74) is 0.317. The fourth-order valence-electron chi connectivity index (χ4n) is 1.87. The van der Waals surface area contributed by atoms with Crippen molar-refractivity contribution >= 4 is 23.2 Å². The maximum absolute atomic E-state index is 13.2. The van der Waals surface area contributed by atoms with Crippen molar-refractivity contribution < 1.29 is 14.0 Å². The first-order valence-corrected chi connectivity index (χ1v) is 6.42. The number of aryl methyl sites for hydroxylation is 2. The van der Waals surface area contributed by atoms with E-state index in [4.69, 9.17) is 0 Å². The Hall–Kier alpha value is -2.96. The Labute approximate surface area is 125 Å². The smallest absolute Gasteiger partial charge is 0.314 e. The largest absolute Gasteiger partial charge is 0.318 e. The number of hydrogen-bond acceptors (Lipinski definition) is 3. The van der Waals surface area contributed by atoms with Crippen LogP contribution in [0.4, 0.5) is 15.8 Å². The Morgan fingerprint density at radius 2 is 1.82 bits per heavy atom. The molecule has 7 heteroatoms. The van der Waals surface area contributed by atoms with E-state index in [2.05, 4.69) is 10.6 Å². The van der Waals surface area contributed by atoms with Gasteiger partial charge in [-0.3, -0.25) is 14.4 Å². The molecule has 0 radical (unpaired) electrons. The summed E-state index contributed by atoms with van der Waals surface area (Å²) in [7, 11) is 1.52. The lowest BCUT2D eigenvalue weighted by Gasteiger charge is -2.08. The molecule has 114 valence electrons. The van der Waals surface area contributed by atoms with Gasteiger partial charge in [0.1, 0.15) is 11.5 Å². The lowest BCUT2D eigenvalue weighted by Crippen LogP contribution is -2.32. The fourth-order valence-corrected chi connectivity index (χ4v) is 1.87. The molecule has 0 saturated carbocycles. The van der Waals surface area contributed by atoms with Gasteiger partial charge in [0.25, 0.3) is 5.56 Å². The van der Waals surface area contributed by atoms with Crippen LogP contribution in [-0.4, -0.2) is 16.4 Å². The number of pyridine rings is 1. The topological polar surface area (TPSA) is 80.2 Å². The van der Waals surface area contributed by atoms with Gasteiger partial charge in [0.15, 0.2) is 0 Å². The molecule has 0 spiro atoms. The van der Waals surface area contributed by atoms with Gasteiger partial charge in [0.2, 0.25) is 0 Å². The highest BCUT2D eigenvalue weighted by molar-refractivity contribution is 6.43. The number of amides is 2. The number of nitrogens with zero attached hydrogens (tertiary/aromatic N) is 1. The van der Waals surface area contributed by atoms with Crippen LogP contribution in [0.3, 0.4) is 0 Å². The number of aromatic nitrogens is 1. The lowest BCUT2D eigenvalue weighted by molar-refractivity contribution is -0.133. The summed E-state index contributed by atoms with van der Waals surface area (Å²) in [6, 6.07) is 6.86. The molecule has 0 fully saturated rings. The minimum atomic E-state index is -1.01. The van der Waals surface area contributed by atoms with Crippen LogP contribution >= 0.6 is 0 Å². The molecule has 1 aromatic heterocycles. The van der Waals surface area contributed by atoms with Crippen LogP contribution in [0.1, 0.15) is 5.56 Å². The number of carbonyl (C=O) groups excluding carboxylic acids is 2. The Morgan fingerprint density at radius 1 is 1.14 bits per heavy atom. The van der Waals surface area contributed by atoms with E-state index in [-0.39, 0.29) is 11.4 Å². The molecular formula is C15H14FN3O3. The first-order chi connectivity index (χ1) is 10.4. The SMILES string of the molecule is Cc1cc(F)cc(NC(=O)C(=O)Nc2cccn(C)c2=O)c1. The van der Waals surface area contributed by atoms with Crippen molar-refractivity contribution in [1.29, 1.82) is 0 Å². The predicted molar refractivity (Wildman–Crippen MR) is 80.1 cm³/mol. The molecule has 2 N–H and O–H groups in total. The van der Waals surface area contributed by atoms with Crippen LogP contribution < -0.4 is 16.2 Å². The van der Waals surface area contributed by atoms with E-state index in [1.54, 1.807) is 13.0 Å². The molecule has 2 aromatic rings. The number of halogens is 1. The summed E-state index contributed by atoms with van der Waals surface area (Å²) in [6.07, 6.45) is 1.52. The Bertz CT molecular complexity index is 779. The molecule has 0 atom stereocenters. The van der Waals surface area contributed by atoms with Crippen molar-refractivity contribution in [2.75, 3.05) is 10.6 Å². The van der Waals surface area contributed by atoms with Crippen LogP contribution in [0.5, 0.6) is 0 Å². The zero-order valence-corrected chi connectivity index (χ0v) is 12.0. The number of hydrogen-bond donors (Lipinski definition) is 2. The highest BCUT2D eigenvalue weighted by Gasteiger charge is 2.16. The monoisotopic (exact) mass is 303 g/mol. The lowest BCUT2D eigenvalue weighted by atomic mass is 10.2. The van der Waals surface area contributed by atoms with E-state index in [0.717, 1.165) is 6.07 Å². The Morgan fingerprint density at radius 3 is 2.50 bits per heavy atom. The number of rotatable bonds is 2. The Balaban J connectivity index is 2.11. The van der Waals surface area contributed by atoms with Crippen molar-refractivity contribution in [1.82, 2.24) is 4.57 Å². The van der Waals surface area contributed by atoms with Crippen LogP contribution in [0.15, 0.2) is 41.3 Å². The van der Waals surface area contributed by atoms with Gasteiger partial charge >= 0.3 is 11.8 Å². The molecule has 0 unspecified atom stereocenters. The van der Waals surface area contributed by atoms with Crippen molar-refractivity contribution in [2.24, 2.45) is 7.05 Å². The normalized spacial score (nSPS) is 10.1. The van der Waals surface area contributed by atoms with Gasteiger partial charge in [-0.05, 0) is 42.8 Å². The number of carbonyl (C=O) groups is 2. The van der Waals surface area contributed by atoms with E-state index in [1.807, 2.05) is 0 Å². The van der Waals surface area contributed by atoms with Gasteiger partial charge in [-0.1, -0.05) is 0 Å². The third-order valence-electron chi connectivity index (χ3n) is 2.88. The van der Waals surface area contributed by atoms with Crippen LogP contribution in [0, 0.1) is 12.7 Å². The average Bonchev–Trinajstić information content (AvgIpc) is 2.42. The molecule has 0 aliphatic carbocycles. The molecule has 2 rings (SSSR count). The first-order valence-electron chi connectivity index (χ1n) is 6.42. The third kappa shape index (κ3) is 3.57. The highest BCUT2D eigenvalue weighted by Crippen LogP contribution is 2.13. The van der Waals surface area contributed by atoms with Gasteiger partial charge in [0, 0.05) is 18.9 Å². The predicted octanol–water partition coefficient (Wildman–Crippen LogP) is 1.41. The molecule has 1 heterocycles. The molecule has 0 saturated heterocycles. The standard InChI is InChI=1S/C15H14FN3O3/c1-9-6-10(16)8-11(7-9)17-13(20)14(21)18-12-4-3-5-19(2)15(12)22/h3-8H,1-2H3,(H,17,20)(H,18,21). The van der Waals surface area contributed by atoms with Crippen LogP contribution in [0.25, 0.3) is 0 Å². The minimum absolute atomic E-state index is 0.0134. The summed E-state index contributed by atoms with van der Waals surface area (Å²) in [6.45, 7) is 1.66. The van der Waals surface area contributed by atoms with E-state index >= 15 is 0 Å². The molecule has 0 bridgehead atoms. The van der Waals surface area contributed by atoms with Gasteiger partial charge in [-0.2, -0.15) is 0 Å². The van der Waals surface area contributed by atoms with Crippen LogP contribution in [0.2, 0.25) is 0 Å². The summed E-state index contributed by atoms with van der Waals surface area (Å²) < 4.78 is 14.5. The van der Waals surface area contributed by atoms with Crippen molar-refractivity contribution in [3.05, 3.63) is 58.3 Å². The summed E-state index contributed by atoms with van der Waals surface area (Å²) in [5, 5.41) is 4.50. The van der Waals surface area contributed by atoms with Gasteiger partial charge in [-0.25, -0.2) is 4.39 Å². The Kier molecular flexibility index (Phi) is 4.36. The zero-order chi connectivity index (χ0) is 16.3. The maximum Gasteiger partial charge on any atom is 0.314 e. The second-order valence-corrected chi connectivity index (χ2v) is 4.76. The van der Waals surface area contributed by atoms with Crippen molar-refractivity contribution in [3.63, 3.8) is 0 Å². The van der Waals surface area contributed by atoms with E-state index in [0.29, 0.717) is 5.56 Å². The highest BCUT2D eigenvalue weighted by atomic mass is 19.1. The second kappa shape index (κ2) is 6.21. The number of nitrogens with one attached hydrogen (secondary N) is 2. The van der Waals surface area contributed by atoms with Gasteiger partial charge < -0.3 is 15.2 Å². The quantitative estimate of drug-likeness (QED) is 0.823. The van der Waals surface area contributed by atoms with Crippen molar-refractivity contribution in [2.45, 2.75) is 6.92 Å². The fraction of sp³-hybridized carbons (Fsp3) is 0.133. The molecule has 22 heavy (non-hydrogen) atoms. The molecule has 0 aliphatic rings. The first kappa shape index (κ1) is 15.4. The third-order valence-corrected chi connectivity index (χ3v) is 2.88. The average molecular weight is 303 g/mol. The van der Waals surface area contributed by atoms with Crippen LogP contribution in [-0.2, 0) is 16.6 Å². The van der Waals surface area contributed by atoms with Gasteiger partial charge in [-0.15, -0.1) is 0 Å². The van der Waals surface area contributed by atoms with E-state index < -0.39 is 23.2 Å². The minimum Gasteiger partial charge on any atom is -0.318 e. The van der Waals surface area contributed by atoms with Gasteiger partial charge in [0.05, 0.1) is 0 Å². The summed E-state index contributed by atoms with van der Waals surface area (Å²) >= 11 is 0.